The minimum Gasteiger partial charge on any atom is -0.408 e. The standard InChI is InChI=1S/C10H8BrClFN3O/c11-6-2-1-3-7(13)9(6)14-10-16-15-8(17-10)4-5-12/h1-3H,4-5H2,(H,14,16). The zero-order valence-electron chi connectivity index (χ0n) is 8.58. The largest absolute Gasteiger partial charge is 0.408 e. The van der Waals surface area contributed by atoms with Crippen LogP contribution in [0.5, 0.6) is 0 Å². The molecule has 0 radical (unpaired) electrons. The number of aromatic nitrogens is 2. The topological polar surface area (TPSA) is 51.0 Å². The zero-order chi connectivity index (χ0) is 12.3. The maximum atomic E-state index is 13.5. The van der Waals surface area contributed by atoms with Gasteiger partial charge in [-0.2, -0.15) is 0 Å². The van der Waals surface area contributed by atoms with E-state index in [-0.39, 0.29) is 11.7 Å². The summed E-state index contributed by atoms with van der Waals surface area (Å²) < 4.78 is 19.3. The van der Waals surface area contributed by atoms with Crippen molar-refractivity contribution in [3.05, 3.63) is 34.4 Å². The maximum Gasteiger partial charge on any atom is 0.320 e. The molecule has 0 bridgehead atoms. The van der Waals surface area contributed by atoms with E-state index in [1.807, 2.05) is 0 Å². The molecule has 1 heterocycles. The molecule has 2 rings (SSSR count). The lowest BCUT2D eigenvalue weighted by atomic mass is 10.3. The van der Waals surface area contributed by atoms with Crippen LogP contribution in [0.2, 0.25) is 0 Å². The molecule has 0 unspecified atom stereocenters. The summed E-state index contributed by atoms with van der Waals surface area (Å²) in [6, 6.07) is 4.78. The van der Waals surface area contributed by atoms with E-state index in [2.05, 4.69) is 31.4 Å². The fourth-order valence-corrected chi connectivity index (χ4v) is 1.81. The number of hydrogen-bond donors (Lipinski definition) is 1. The van der Waals surface area contributed by atoms with Crippen molar-refractivity contribution >= 4 is 39.2 Å². The van der Waals surface area contributed by atoms with Crippen LogP contribution in [-0.2, 0) is 6.42 Å². The average molecular weight is 321 g/mol. The molecule has 1 aromatic heterocycles. The summed E-state index contributed by atoms with van der Waals surface area (Å²) in [5.41, 5.74) is 0.258. The third kappa shape index (κ3) is 2.95. The summed E-state index contributed by atoms with van der Waals surface area (Å²) in [6.45, 7) is 0. The minimum absolute atomic E-state index is 0.135. The van der Waals surface area contributed by atoms with Crippen LogP contribution in [0.4, 0.5) is 16.1 Å². The molecule has 17 heavy (non-hydrogen) atoms. The average Bonchev–Trinajstić information content (AvgIpc) is 2.72. The van der Waals surface area contributed by atoms with Gasteiger partial charge in [-0.05, 0) is 28.1 Å². The van der Waals surface area contributed by atoms with Gasteiger partial charge in [0.25, 0.3) is 0 Å². The van der Waals surface area contributed by atoms with Crippen LogP contribution in [-0.4, -0.2) is 16.1 Å². The third-order valence-electron chi connectivity index (χ3n) is 1.97. The number of alkyl halides is 1. The van der Waals surface area contributed by atoms with Crippen LogP contribution in [0.25, 0.3) is 0 Å². The van der Waals surface area contributed by atoms with Crippen molar-refractivity contribution in [3.8, 4) is 0 Å². The monoisotopic (exact) mass is 319 g/mol. The van der Waals surface area contributed by atoms with Crippen LogP contribution in [0, 0.1) is 5.82 Å². The molecular formula is C10H8BrClFN3O. The number of rotatable bonds is 4. The molecule has 0 saturated carbocycles. The molecule has 0 saturated heterocycles. The van der Waals surface area contributed by atoms with Gasteiger partial charge in [0.05, 0.1) is 5.69 Å². The number of nitrogens with one attached hydrogen (secondary N) is 1. The molecule has 0 atom stereocenters. The molecule has 7 heteroatoms. The number of anilines is 2. The predicted octanol–water partition coefficient (Wildman–Crippen LogP) is 3.50. The van der Waals surface area contributed by atoms with Gasteiger partial charge in [-0.25, -0.2) is 4.39 Å². The Morgan fingerprint density at radius 3 is 2.94 bits per heavy atom. The van der Waals surface area contributed by atoms with E-state index in [0.717, 1.165) is 0 Å². The van der Waals surface area contributed by atoms with Gasteiger partial charge in [0.2, 0.25) is 5.89 Å². The predicted molar refractivity (Wildman–Crippen MR) is 66.1 cm³/mol. The van der Waals surface area contributed by atoms with Crippen molar-refractivity contribution < 1.29 is 8.81 Å². The third-order valence-corrected chi connectivity index (χ3v) is 2.82. The van der Waals surface area contributed by atoms with E-state index in [4.69, 9.17) is 16.0 Å². The smallest absolute Gasteiger partial charge is 0.320 e. The van der Waals surface area contributed by atoms with E-state index in [0.29, 0.717) is 22.7 Å². The van der Waals surface area contributed by atoms with Gasteiger partial charge in [0.1, 0.15) is 5.82 Å². The molecule has 2 aromatic rings. The number of hydrogen-bond acceptors (Lipinski definition) is 4. The number of nitrogens with zero attached hydrogens (tertiary/aromatic N) is 2. The zero-order valence-corrected chi connectivity index (χ0v) is 10.9. The van der Waals surface area contributed by atoms with Gasteiger partial charge in [-0.1, -0.05) is 11.2 Å². The Balaban J connectivity index is 2.19. The minimum atomic E-state index is -0.406. The summed E-state index contributed by atoms with van der Waals surface area (Å²) in [7, 11) is 0. The van der Waals surface area contributed by atoms with Gasteiger partial charge >= 0.3 is 6.01 Å². The quantitative estimate of drug-likeness (QED) is 0.876. The second kappa shape index (κ2) is 5.46. The van der Waals surface area contributed by atoms with Crippen molar-refractivity contribution in [1.82, 2.24) is 10.2 Å². The molecule has 0 aliphatic heterocycles. The molecular weight excluding hydrogens is 312 g/mol. The lowest BCUT2D eigenvalue weighted by Gasteiger charge is -2.04. The highest BCUT2D eigenvalue weighted by atomic mass is 79.9. The van der Waals surface area contributed by atoms with Crippen LogP contribution < -0.4 is 5.32 Å². The lowest BCUT2D eigenvalue weighted by Crippen LogP contribution is -1.95. The lowest BCUT2D eigenvalue weighted by molar-refractivity contribution is 0.515. The Morgan fingerprint density at radius 2 is 2.24 bits per heavy atom. The van der Waals surface area contributed by atoms with Gasteiger partial charge in [-0.3, -0.25) is 0 Å². The van der Waals surface area contributed by atoms with Crippen molar-refractivity contribution in [2.75, 3.05) is 11.2 Å². The van der Waals surface area contributed by atoms with Crippen molar-refractivity contribution in [2.24, 2.45) is 0 Å². The van der Waals surface area contributed by atoms with Crippen molar-refractivity contribution in [3.63, 3.8) is 0 Å². The van der Waals surface area contributed by atoms with E-state index in [1.165, 1.54) is 6.07 Å². The second-order valence-corrected chi connectivity index (χ2v) is 4.39. The van der Waals surface area contributed by atoms with Crippen LogP contribution in [0.1, 0.15) is 5.89 Å². The molecule has 0 fully saturated rings. The van der Waals surface area contributed by atoms with E-state index < -0.39 is 5.82 Å². The molecule has 1 aromatic carbocycles. The normalized spacial score (nSPS) is 10.5. The Kier molecular flexibility index (Phi) is 3.96. The number of aryl methyl sites for hydroxylation is 1. The van der Waals surface area contributed by atoms with Gasteiger partial charge < -0.3 is 9.73 Å². The van der Waals surface area contributed by atoms with Gasteiger partial charge in [0, 0.05) is 16.8 Å². The molecule has 90 valence electrons. The highest BCUT2D eigenvalue weighted by Crippen LogP contribution is 2.27. The SMILES string of the molecule is Fc1cccc(Br)c1Nc1nnc(CCCl)o1. The first-order valence-corrected chi connectivity index (χ1v) is 6.13. The van der Waals surface area contributed by atoms with Crippen molar-refractivity contribution in [2.45, 2.75) is 6.42 Å². The molecule has 1 N–H and O–H groups in total. The number of benzene rings is 1. The number of halogens is 3. The van der Waals surface area contributed by atoms with Crippen LogP contribution >= 0.6 is 27.5 Å². The van der Waals surface area contributed by atoms with E-state index >= 15 is 0 Å². The van der Waals surface area contributed by atoms with Crippen molar-refractivity contribution in [1.29, 1.82) is 0 Å². The summed E-state index contributed by atoms with van der Waals surface area (Å²) in [4.78, 5) is 0. The summed E-state index contributed by atoms with van der Waals surface area (Å²) >= 11 is 8.77. The molecule has 4 nitrogen and oxygen atoms in total. The Bertz CT molecular complexity index is 500. The summed E-state index contributed by atoms with van der Waals surface area (Å²) in [6.07, 6.45) is 0.481. The highest BCUT2D eigenvalue weighted by molar-refractivity contribution is 9.10. The van der Waals surface area contributed by atoms with Crippen LogP contribution in [0.3, 0.4) is 0 Å². The molecule has 0 aliphatic carbocycles. The summed E-state index contributed by atoms with van der Waals surface area (Å²) in [5.74, 6) is 0.400. The first-order valence-electron chi connectivity index (χ1n) is 4.80. The first kappa shape index (κ1) is 12.3. The van der Waals surface area contributed by atoms with Crippen LogP contribution in [0.15, 0.2) is 27.1 Å². The Hall–Kier alpha value is -1.14. The molecule has 0 aliphatic rings. The number of para-hydroxylation sites is 1. The first-order chi connectivity index (χ1) is 8.20. The molecule has 0 amide bonds. The van der Waals surface area contributed by atoms with Gasteiger partial charge in [0.15, 0.2) is 0 Å². The highest BCUT2D eigenvalue weighted by Gasteiger charge is 2.11. The van der Waals surface area contributed by atoms with E-state index in [1.54, 1.807) is 12.1 Å². The second-order valence-electron chi connectivity index (χ2n) is 3.16. The fourth-order valence-electron chi connectivity index (χ4n) is 1.21. The Morgan fingerprint density at radius 1 is 1.41 bits per heavy atom. The molecule has 0 spiro atoms. The summed E-state index contributed by atoms with van der Waals surface area (Å²) in [5, 5.41) is 10.2. The van der Waals surface area contributed by atoms with Gasteiger partial charge in [-0.15, -0.1) is 16.7 Å². The maximum absolute atomic E-state index is 13.5. The fraction of sp³-hybridized carbons (Fsp3) is 0.200. The van der Waals surface area contributed by atoms with E-state index in [9.17, 15) is 4.39 Å². The Labute approximate surface area is 110 Å².